The minimum atomic E-state index is -3.17. The largest absolute Gasteiger partial charge is 0.308 e. The van der Waals surface area contributed by atoms with Crippen molar-refractivity contribution in [3.8, 4) is 11.4 Å². The van der Waals surface area contributed by atoms with E-state index in [0.717, 1.165) is 56.9 Å². The Morgan fingerprint density at radius 3 is 1.14 bits per heavy atom. The van der Waals surface area contributed by atoms with Crippen LogP contribution in [0.5, 0.6) is 0 Å². The molecule has 4 heterocycles. The molecule has 0 N–H and O–H groups in total. The average Bonchev–Trinajstić information content (AvgIpc) is 3.76. The summed E-state index contributed by atoms with van der Waals surface area (Å²) in [4.78, 5) is 11.8. The zero-order valence-electron chi connectivity index (χ0n) is 34.2. The van der Waals surface area contributed by atoms with Crippen molar-refractivity contribution in [1.29, 1.82) is 0 Å². The van der Waals surface area contributed by atoms with Gasteiger partial charge in [-0.3, -0.25) is 9.97 Å². The Labute approximate surface area is 347 Å². The van der Waals surface area contributed by atoms with Crippen molar-refractivity contribution in [3.63, 3.8) is 0 Å². The van der Waals surface area contributed by atoms with Crippen LogP contribution in [-0.2, 0) is 12.8 Å². The standard InChI is InChI=1S/C54H48N4Si/c1-37(2)33-39-25-27-47-45(35-39)53-49(57(47)41-17-9-5-10-18-41)29-31-51(55-53)59(43-21-13-7-14-22-43,44-23-15-8-16-24-44)52-32-30-50-54(56-52)46-36-40(34-38(3)4)26-28-48(46)58(50)42-19-11-6-12-20-42/h5-32,35-38H,33-34H2,1-4H3. The molecule has 0 aliphatic carbocycles. The number of pyridine rings is 2. The molecular formula is C54H48N4Si. The Hall–Kier alpha value is -6.56. The molecule has 4 nitrogen and oxygen atoms in total. The van der Waals surface area contributed by atoms with Gasteiger partial charge in [-0.2, -0.15) is 0 Å². The number of benzene rings is 6. The summed E-state index contributed by atoms with van der Waals surface area (Å²) in [5.74, 6) is 1.09. The first-order valence-corrected chi connectivity index (χ1v) is 23.0. The third-order valence-electron chi connectivity index (χ3n) is 11.8. The molecule has 0 saturated carbocycles. The topological polar surface area (TPSA) is 35.6 Å². The Morgan fingerprint density at radius 1 is 0.407 bits per heavy atom. The molecule has 0 unspecified atom stereocenters. The van der Waals surface area contributed by atoms with E-state index in [0.29, 0.717) is 11.8 Å². The average molecular weight is 781 g/mol. The van der Waals surface area contributed by atoms with Gasteiger partial charge in [0.05, 0.1) is 33.1 Å². The molecule has 0 saturated heterocycles. The van der Waals surface area contributed by atoms with Crippen LogP contribution in [0.15, 0.2) is 182 Å². The summed E-state index contributed by atoms with van der Waals surface area (Å²) in [6, 6.07) is 66.8. The molecule has 10 rings (SSSR count). The van der Waals surface area contributed by atoms with Crippen molar-refractivity contribution in [2.24, 2.45) is 11.8 Å². The second-order valence-corrected chi connectivity index (χ2v) is 20.5. The summed E-state index contributed by atoms with van der Waals surface area (Å²) in [5, 5.41) is 7.01. The summed E-state index contributed by atoms with van der Waals surface area (Å²) in [6.07, 6.45) is 2.03. The predicted molar refractivity (Wildman–Crippen MR) is 251 cm³/mol. The summed E-state index contributed by atoms with van der Waals surface area (Å²) in [6.45, 7) is 9.17. The number of fused-ring (bicyclic) bond motifs is 6. The van der Waals surface area contributed by atoms with E-state index in [9.17, 15) is 0 Å². The second kappa shape index (κ2) is 15.0. The zero-order chi connectivity index (χ0) is 40.1. The van der Waals surface area contributed by atoms with Gasteiger partial charge in [0.15, 0.2) is 0 Å². The predicted octanol–water partition coefficient (Wildman–Crippen LogP) is 10.4. The van der Waals surface area contributed by atoms with E-state index in [1.807, 2.05) is 0 Å². The van der Waals surface area contributed by atoms with Crippen molar-refractivity contribution < 1.29 is 0 Å². The molecule has 0 atom stereocenters. The van der Waals surface area contributed by atoms with E-state index >= 15 is 0 Å². The van der Waals surface area contributed by atoms with Gasteiger partial charge >= 0.3 is 0 Å². The smallest absolute Gasteiger partial charge is 0.223 e. The highest BCUT2D eigenvalue weighted by Gasteiger charge is 2.45. The first-order valence-electron chi connectivity index (χ1n) is 21.0. The van der Waals surface area contributed by atoms with E-state index in [-0.39, 0.29) is 0 Å². The first-order chi connectivity index (χ1) is 28.9. The van der Waals surface area contributed by atoms with E-state index in [1.165, 1.54) is 43.3 Å². The number of hydrogen-bond acceptors (Lipinski definition) is 2. The van der Waals surface area contributed by atoms with Crippen LogP contribution < -0.4 is 21.0 Å². The SMILES string of the molecule is CC(C)Cc1ccc2c(c1)c1nc([Si](c3ccccc3)(c3ccccc3)c3ccc4c(n3)c3cc(CC(C)C)ccc3n4-c3ccccc3)ccc1n2-c1ccccc1. The fourth-order valence-electron chi connectivity index (χ4n) is 9.45. The lowest BCUT2D eigenvalue weighted by atomic mass is 10.0. The highest BCUT2D eigenvalue weighted by Crippen LogP contribution is 2.34. The normalized spacial score (nSPS) is 12.2. The van der Waals surface area contributed by atoms with Crippen molar-refractivity contribution in [3.05, 3.63) is 193 Å². The third kappa shape index (κ3) is 6.28. The summed E-state index contributed by atoms with van der Waals surface area (Å²) in [5.41, 5.74) is 11.5. The van der Waals surface area contributed by atoms with Gasteiger partial charge in [0.2, 0.25) is 8.07 Å². The maximum absolute atomic E-state index is 5.91. The molecule has 0 amide bonds. The van der Waals surface area contributed by atoms with E-state index in [2.05, 4.69) is 219 Å². The molecule has 10 aromatic rings. The zero-order valence-corrected chi connectivity index (χ0v) is 35.2. The summed E-state index contributed by atoms with van der Waals surface area (Å²) < 4.78 is 4.76. The monoisotopic (exact) mass is 780 g/mol. The lowest BCUT2D eigenvalue weighted by molar-refractivity contribution is 0.647. The fraction of sp³-hybridized carbons (Fsp3) is 0.148. The van der Waals surface area contributed by atoms with Gasteiger partial charge in [-0.25, -0.2) is 0 Å². The van der Waals surface area contributed by atoms with Crippen LogP contribution in [0.1, 0.15) is 38.8 Å². The molecular weight excluding hydrogens is 733 g/mol. The fourth-order valence-corrected chi connectivity index (χ4v) is 13.8. The third-order valence-corrected chi connectivity index (χ3v) is 16.3. The lowest BCUT2D eigenvalue weighted by Gasteiger charge is -2.32. The van der Waals surface area contributed by atoms with Crippen LogP contribution in [0.4, 0.5) is 0 Å². The molecule has 0 aliphatic rings. The number of para-hydroxylation sites is 2. The summed E-state index contributed by atoms with van der Waals surface area (Å²) in [7, 11) is -3.17. The molecule has 4 aromatic heterocycles. The van der Waals surface area contributed by atoms with Gasteiger partial charge in [-0.1, -0.05) is 137 Å². The maximum Gasteiger partial charge on any atom is 0.223 e. The van der Waals surface area contributed by atoms with Crippen LogP contribution in [-0.4, -0.2) is 27.2 Å². The molecule has 0 spiro atoms. The molecule has 0 bridgehead atoms. The minimum absolute atomic E-state index is 0.546. The number of hydrogen-bond donors (Lipinski definition) is 0. The van der Waals surface area contributed by atoms with Crippen molar-refractivity contribution in [2.75, 3.05) is 0 Å². The molecule has 0 fully saturated rings. The van der Waals surface area contributed by atoms with Gasteiger partial charge in [0.1, 0.15) is 0 Å². The molecule has 6 aromatic carbocycles. The van der Waals surface area contributed by atoms with Crippen LogP contribution in [0, 0.1) is 11.8 Å². The Morgan fingerprint density at radius 2 is 0.763 bits per heavy atom. The van der Waals surface area contributed by atoms with Crippen molar-refractivity contribution in [1.82, 2.24) is 19.1 Å². The number of nitrogens with zero attached hydrogens (tertiary/aromatic N) is 4. The summed E-state index contributed by atoms with van der Waals surface area (Å²) >= 11 is 0. The Bertz CT molecular complexity index is 2880. The van der Waals surface area contributed by atoms with Crippen LogP contribution in [0.2, 0.25) is 0 Å². The van der Waals surface area contributed by atoms with Gasteiger partial charge in [0, 0.05) is 32.8 Å². The molecule has 288 valence electrons. The van der Waals surface area contributed by atoms with Crippen molar-refractivity contribution >= 4 is 73.0 Å². The quantitative estimate of drug-likeness (QED) is 0.130. The lowest BCUT2D eigenvalue weighted by Crippen LogP contribution is -2.76. The number of rotatable bonds is 10. The van der Waals surface area contributed by atoms with E-state index < -0.39 is 8.07 Å². The molecule has 59 heavy (non-hydrogen) atoms. The minimum Gasteiger partial charge on any atom is -0.308 e. The van der Waals surface area contributed by atoms with Gasteiger partial charge < -0.3 is 9.13 Å². The second-order valence-electron chi connectivity index (χ2n) is 16.9. The molecule has 0 aliphatic heterocycles. The van der Waals surface area contributed by atoms with E-state index in [4.69, 9.17) is 9.97 Å². The van der Waals surface area contributed by atoms with Gasteiger partial charge in [-0.15, -0.1) is 0 Å². The Balaban J connectivity index is 1.31. The van der Waals surface area contributed by atoms with Crippen LogP contribution in [0.25, 0.3) is 55.2 Å². The molecule has 0 radical (unpaired) electrons. The van der Waals surface area contributed by atoms with Crippen molar-refractivity contribution in [2.45, 2.75) is 40.5 Å². The van der Waals surface area contributed by atoms with Crippen LogP contribution >= 0.6 is 0 Å². The van der Waals surface area contributed by atoms with Crippen LogP contribution in [0.3, 0.4) is 0 Å². The first kappa shape index (κ1) is 36.8. The Kier molecular flexibility index (Phi) is 9.34. The van der Waals surface area contributed by atoms with Gasteiger partial charge in [0.25, 0.3) is 0 Å². The maximum atomic E-state index is 5.91. The number of aromatic nitrogens is 4. The highest BCUT2D eigenvalue weighted by atomic mass is 28.3. The van der Waals surface area contributed by atoms with E-state index in [1.54, 1.807) is 0 Å². The van der Waals surface area contributed by atoms with Gasteiger partial charge in [-0.05, 0) is 119 Å². The highest BCUT2D eigenvalue weighted by molar-refractivity contribution is 7.19. The molecule has 5 heteroatoms.